The Hall–Kier alpha value is -1.93. The van der Waals surface area contributed by atoms with Gasteiger partial charge in [-0.2, -0.15) is 0 Å². The second-order valence-electron chi connectivity index (χ2n) is 4.25. The molecule has 0 aliphatic heterocycles. The van der Waals surface area contributed by atoms with Gasteiger partial charge < -0.3 is 5.73 Å². The van der Waals surface area contributed by atoms with E-state index >= 15 is 0 Å². The number of nitrogens with two attached hydrogens (primary N) is 1. The first-order valence-electron chi connectivity index (χ1n) is 6.12. The van der Waals surface area contributed by atoms with Crippen molar-refractivity contribution in [1.29, 1.82) is 0 Å². The zero-order valence-electron chi connectivity index (χ0n) is 11.0. The highest BCUT2D eigenvalue weighted by Gasteiger charge is 2.05. The van der Waals surface area contributed by atoms with E-state index in [1.54, 1.807) is 0 Å². The molecule has 0 saturated heterocycles. The lowest BCUT2D eigenvalue weighted by Crippen LogP contribution is -1.96. The molecule has 0 saturated carbocycles. The molecule has 0 unspecified atom stereocenters. The van der Waals surface area contributed by atoms with Gasteiger partial charge in [0, 0.05) is 4.91 Å². The first-order valence-corrected chi connectivity index (χ1v) is 6.94. The first kappa shape index (κ1) is 13.5. The largest absolute Gasteiger partial charge is 0.393 e. The van der Waals surface area contributed by atoms with Crippen molar-refractivity contribution in [3.63, 3.8) is 0 Å². The third kappa shape index (κ3) is 3.52. The molecule has 0 aromatic heterocycles. The van der Waals surface area contributed by atoms with E-state index in [0.717, 1.165) is 26.6 Å². The van der Waals surface area contributed by atoms with Crippen molar-refractivity contribution in [3.8, 4) is 0 Å². The standard InChI is InChI=1S/C17H17NS/c1-13(15-9-5-3-6-10-15)17(18)19-14(2)16-11-7-4-8-12-16/h3-12H,2,18H2,1H3/b17-13+. The maximum atomic E-state index is 6.17. The van der Waals surface area contributed by atoms with Crippen molar-refractivity contribution in [2.45, 2.75) is 6.92 Å². The molecule has 96 valence electrons. The average molecular weight is 267 g/mol. The number of rotatable bonds is 4. The van der Waals surface area contributed by atoms with E-state index in [2.05, 4.69) is 18.7 Å². The Morgan fingerprint density at radius 2 is 1.37 bits per heavy atom. The van der Waals surface area contributed by atoms with Crippen LogP contribution in [0.1, 0.15) is 18.1 Å². The molecule has 1 nitrogen and oxygen atoms in total. The predicted molar refractivity (Wildman–Crippen MR) is 86.3 cm³/mol. The third-order valence-corrected chi connectivity index (χ3v) is 3.91. The summed E-state index contributed by atoms with van der Waals surface area (Å²) in [6, 6.07) is 20.3. The van der Waals surface area contributed by atoms with Crippen molar-refractivity contribution in [1.82, 2.24) is 0 Å². The number of thioether (sulfide) groups is 1. The molecule has 2 aromatic carbocycles. The Balaban J connectivity index is 2.17. The molecule has 0 radical (unpaired) electrons. The van der Waals surface area contributed by atoms with Gasteiger partial charge in [0.1, 0.15) is 0 Å². The highest BCUT2D eigenvalue weighted by atomic mass is 32.2. The fraction of sp³-hybridized carbons (Fsp3) is 0.0588. The van der Waals surface area contributed by atoms with E-state index in [4.69, 9.17) is 5.73 Å². The van der Waals surface area contributed by atoms with Crippen LogP contribution in [-0.2, 0) is 0 Å². The summed E-state index contributed by atoms with van der Waals surface area (Å²) in [5.41, 5.74) is 9.51. The molecular formula is C17H17NS. The summed E-state index contributed by atoms with van der Waals surface area (Å²) in [5, 5.41) is 0.792. The van der Waals surface area contributed by atoms with Gasteiger partial charge in [0.2, 0.25) is 0 Å². The molecule has 2 N–H and O–H groups in total. The van der Waals surface area contributed by atoms with E-state index in [1.165, 1.54) is 11.8 Å². The molecule has 2 rings (SSSR count). The number of hydrogen-bond donors (Lipinski definition) is 1. The fourth-order valence-electron chi connectivity index (χ4n) is 1.72. The van der Waals surface area contributed by atoms with Crippen LogP contribution in [0.25, 0.3) is 10.5 Å². The van der Waals surface area contributed by atoms with Crippen molar-refractivity contribution < 1.29 is 0 Å². The lowest BCUT2D eigenvalue weighted by molar-refractivity contribution is 1.48. The van der Waals surface area contributed by atoms with E-state index in [-0.39, 0.29) is 0 Å². The maximum absolute atomic E-state index is 6.17. The minimum atomic E-state index is 0.792. The smallest absolute Gasteiger partial charge is 0.0739 e. The van der Waals surface area contributed by atoms with Gasteiger partial charge in [-0.3, -0.25) is 0 Å². The van der Waals surface area contributed by atoms with Crippen molar-refractivity contribution in [2.24, 2.45) is 5.73 Å². The summed E-state index contributed by atoms with van der Waals surface area (Å²) in [5.74, 6) is 0. The molecule has 0 aliphatic carbocycles. The SMILES string of the molecule is C=C(S/C(N)=C(\C)c1ccccc1)c1ccccc1. The van der Waals surface area contributed by atoms with Crippen molar-refractivity contribution >= 4 is 22.2 Å². The highest BCUT2D eigenvalue weighted by Crippen LogP contribution is 2.33. The van der Waals surface area contributed by atoms with E-state index in [9.17, 15) is 0 Å². The van der Waals surface area contributed by atoms with Crippen LogP contribution in [0.5, 0.6) is 0 Å². The van der Waals surface area contributed by atoms with Gasteiger partial charge in [0.15, 0.2) is 0 Å². The first-order chi connectivity index (χ1) is 9.18. The van der Waals surface area contributed by atoms with Crippen LogP contribution in [-0.4, -0.2) is 0 Å². The van der Waals surface area contributed by atoms with Gasteiger partial charge in [-0.05, 0) is 23.6 Å². The minimum Gasteiger partial charge on any atom is -0.393 e. The number of allylic oxidation sites excluding steroid dienone is 1. The lowest BCUT2D eigenvalue weighted by atomic mass is 10.1. The molecular weight excluding hydrogens is 250 g/mol. The topological polar surface area (TPSA) is 26.0 Å². The molecule has 2 heteroatoms. The van der Waals surface area contributed by atoms with Crippen LogP contribution in [0.15, 0.2) is 72.3 Å². The predicted octanol–water partition coefficient (Wildman–Crippen LogP) is 4.74. The molecule has 0 bridgehead atoms. The van der Waals surface area contributed by atoms with E-state index in [0.29, 0.717) is 0 Å². The summed E-state index contributed by atoms with van der Waals surface area (Å²) in [4.78, 5) is 0.966. The van der Waals surface area contributed by atoms with Crippen molar-refractivity contribution in [3.05, 3.63) is 83.4 Å². The average Bonchev–Trinajstić information content (AvgIpc) is 2.48. The van der Waals surface area contributed by atoms with Gasteiger partial charge in [-0.15, -0.1) is 0 Å². The molecule has 0 spiro atoms. The fourth-order valence-corrected chi connectivity index (χ4v) is 2.51. The summed E-state index contributed by atoms with van der Waals surface area (Å²) >= 11 is 1.52. The quantitative estimate of drug-likeness (QED) is 0.866. The Morgan fingerprint density at radius 3 is 1.89 bits per heavy atom. The monoisotopic (exact) mass is 267 g/mol. The Labute approximate surface area is 118 Å². The highest BCUT2D eigenvalue weighted by molar-refractivity contribution is 8.11. The summed E-state index contributed by atoms with van der Waals surface area (Å²) in [6.07, 6.45) is 0. The lowest BCUT2D eigenvalue weighted by Gasteiger charge is -2.09. The summed E-state index contributed by atoms with van der Waals surface area (Å²) in [7, 11) is 0. The van der Waals surface area contributed by atoms with Gasteiger partial charge in [-0.25, -0.2) is 0 Å². The van der Waals surface area contributed by atoms with Gasteiger partial charge >= 0.3 is 0 Å². The molecule has 0 heterocycles. The zero-order chi connectivity index (χ0) is 13.7. The van der Waals surface area contributed by atoms with E-state index < -0.39 is 0 Å². The normalized spacial score (nSPS) is 11.8. The number of hydrogen-bond acceptors (Lipinski definition) is 2. The van der Waals surface area contributed by atoms with Gasteiger partial charge in [-0.1, -0.05) is 79.0 Å². The van der Waals surface area contributed by atoms with Gasteiger partial charge in [0.05, 0.1) is 5.03 Å². The van der Waals surface area contributed by atoms with Crippen LogP contribution >= 0.6 is 11.8 Å². The summed E-state index contributed by atoms with van der Waals surface area (Å²) < 4.78 is 0. The molecule has 0 fully saturated rings. The zero-order valence-corrected chi connectivity index (χ0v) is 11.8. The summed E-state index contributed by atoms with van der Waals surface area (Å²) in [6.45, 7) is 6.13. The molecule has 0 amide bonds. The number of benzene rings is 2. The van der Waals surface area contributed by atoms with Crippen LogP contribution < -0.4 is 5.73 Å². The third-order valence-electron chi connectivity index (χ3n) is 2.91. The second-order valence-corrected chi connectivity index (χ2v) is 5.38. The Kier molecular flexibility index (Phi) is 4.48. The second kappa shape index (κ2) is 6.30. The van der Waals surface area contributed by atoms with Crippen LogP contribution in [0.3, 0.4) is 0 Å². The maximum Gasteiger partial charge on any atom is 0.0739 e. The van der Waals surface area contributed by atoms with Crippen LogP contribution in [0, 0.1) is 0 Å². The molecule has 19 heavy (non-hydrogen) atoms. The van der Waals surface area contributed by atoms with E-state index in [1.807, 2.05) is 55.5 Å². The molecule has 2 aromatic rings. The molecule has 0 atom stereocenters. The Morgan fingerprint density at radius 1 is 0.895 bits per heavy atom. The van der Waals surface area contributed by atoms with Crippen LogP contribution in [0.2, 0.25) is 0 Å². The Bertz CT molecular complexity index is 585. The van der Waals surface area contributed by atoms with Crippen molar-refractivity contribution in [2.75, 3.05) is 0 Å². The minimum absolute atomic E-state index is 0.792. The van der Waals surface area contributed by atoms with Crippen LogP contribution in [0.4, 0.5) is 0 Å². The molecule has 0 aliphatic rings. The van der Waals surface area contributed by atoms with Gasteiger partial charge in [0.25, 0.3) is 0 Å².